The van der Waals surface area contributed by atoms with E-state index in [9.17, 15) is 4.79 Å². The first kappa shape index (κ1) is 17.3. The highest BCUT2D eigenvalue weighted by Gasteiger charge is 2.33. The van der Waals surface area contributed by atoms with Crippen LogP contribution in [0.2, 0.25) is 0 Å². The number of hydrogen-bond donors (Lipinski definition) is 1. The van der Waals surface area contributed by atoms with Gasteiger partial charge in [0.15, 0.2) is 0 Å². The number of benzene rings is 2. The van der Waals surface area contributed by atoms with Crippen LogP contribution in [0.4, 0.5) is 10.5 Å². The largest absolute Gasteiger partial charge is 0.496 e. The standard InChI is InChI=1S/C20H24N2O3/c1-24-14-16-8-3-5-9-18(16)21-20(23)22(17-11-12-17)13-15-7-4-6-10-19(15)25-2/h3-10,17H,11-14H2,1-2H3,(H,21,23). The molecule has 1 aliphatic rings. The van der Waals surface area contributed by atoms with E-state index in [0.717, 1.165) is 35.4 Å². The molecule has 0 aromatic heterocycles. The molecule has 25 heavy (non-hydrogen) atoms. The Balaban J connectivity index is 1.76. The molecule has 1 N–H and O–H groups in total. The molecule has 132 valence electrons. The molecule has 0 heterocycles. The first-order valence-electron chi connectivity index (χ1n) is 8.49. The number of rotatable bonds is 7. The van der Waals surface area contributed by atoms with Gasteiger partial charge in [0, 0.05) is 30.0 Å². The zero-order valence-corrected chi connectivity index (χ0v) is 14.7. The quantitative estimate of drug-likeness (QED) is 0.828. The van der Waals surface area contributed by atoms with Crippen molar-refractivity contribution in [1.29, 1.82) is 0 Å². The average molecular weight is 340 g/mol. The number of urea groups is 1. The average Bonchev–Trinajstić information content (AvgIpc) is 3.46. The third-order valence-electron chi connectivity index (χ3n) is 4.34. The van der Waals surface area contributed by atoms with E-state index in [2.05, 4.69) is 5.32 Å². The van der Waals surface area contributed by atoms with Gasteiger partial charge >= 0.3 is 6.03 Å². The van der Waals surface area contributed by atoms with Gasteiger partial charge in [0.25, 0.3) is 0 Å². The van der Waals surface area contributed by atoms with Crippen molar-refractivity contribution in [3.63, 3.8) is 0 Å². The van der Waals surface area contributed by atoms with Crippen LogP contribution >= 0.6 is 0 Å². The van der Waals surface area contributed by atoms with E-state index in [1.54, 1.807) is 14.2 Å². The van der Waals surface area contributed by atoms with E-state index in [0.29, 0.717) is 19.2 Å². The Labute approximate surface area is 148 Å². The maximum Gasteiger partial charge on any atom is 0.322 e. The van der Waals surface area contributed by atoms with Gasteiger partial charge in [-0.05, 0) is 25.0 Å². The van der Waals surface area contributed by atoms with E-state index in [1.807, 2.05) is 53.4 Å². The van der Waals surface area contributed by atoms with Crippen molar-refractivity contribution in [2.45, 2.75) is 32.0 Å². The van der Waals surface area contributed by atoms with Crippen molar-refractivity contribution in [3.05, 3.63) is 59.7 Å². The van der Waals surface area contributed by atoms with Crippen LogP contribution in [0.25, 0.3) is 0 Å². The second kappa shape index (κ2) is 8.03. The zero-order chi connectivity index (χ0) is 17.6. The summed E-state index contributed by atoms with van der Waals surface area (Å²) in [6.45, 7) is 0.999. The van der Waals surface area contributed by atoms with Crippen LogP contribution in [0.15, 0.2) is 48.5 Å². The third kappa shape index (κ3) is 4.31. The molecule has 0 atom stereocenters. The highest BCUT2D eigenvalue weighted by molar-refractivity contribution is 5.90. The molecule has 2 aromatic rings. The molecule has 0 spiro atoms. The summed E-state index contributed by atoms with van der Waals surface area (Å²) in [5.41, 5.74) is 2.77. The molecule has 3 rings (SSSR count). The van der Waals surface area contributed by atoms with E-state index >= 15 is 0 Å². The second-order valence-corrected chi connectivity index (χ2v) is 6.19. The fourth-order valence-electron chi connectivity index (χ4n) is 2.88. The first-order valence-corrected chi connectivity index (χ1v) is 8.49. The lowest BCUT2D eigenvalue weighted by molar-refractivity contribution is 0.185. The maximum absolute atomic E-state index is 12.9. The number of carbonyl (C=O) groups is 1. The third-order valence-corrected chi connectivity index (χ3v) is 4.34. The fraction of sp³-hybridized carbons (Fsp3) is 0.350. The Bertz CT molecular complexity index is 728. The van der Waals surface area contributed by atoms with Gasteiger partial charge in [0.05, 0.1) is 20.3 Å². The number of nitrogens with zero attached hydrogens (tertiary/aromatic N) is 1. The molecule has 2 aromatic carbocycles. The van der Waals surface area contributed by atoms with Crippen LogP contribution in [0, 0.1) is 0 Å². The minimum absolute atomic E-state index is 0.0861. The van der Waals surface area contributed by atoms with Gasteiger partial charge in [0.2, 0.25) is 0 Å². The zero-order valence-electron chi connectivity index (χ0n) is 14.7. The normalized spacial score (nSPS) is 13.4. The Morgan fingerprint density at radius 1 is 1.08 bits per heavy atom. The Hall–Kier alpha value is -2.53. The minimum Gasteiger partial charge on any atom is -0.496 e. The fourth-order valence-corrected chi connectivity index (χ4v) is 2.88. The van der Waals surface area contributed by atoms with Crippen molar-refractivity contribution in [3.8, 4) is 5.75 Å². The van der Waals surface area contributed by atoms with Crippen molar-refractivity contribution in [1.82, 2.24) is 4.90 Å². The Morgan fingerprint density at radius 2 is 1.76 bits per heavy atom. The Morgan fingerprint density at radius 3 is 2.44 bits per heavy atom. The number of amides is 2. The molecule has 1 aliphatic carbocycles. The molecule has 0 bridgehead atoms. The SMILES string of the molecule is COCc1ccccc1NC(=O)N(Cc1ccccc1OC)C1CC1. The maximum atomic E-state index is 12.9. The second-order valence-electron chi connectivity index (χ2n) is 6.19. The summed E-state index contributed by atoms with van der Waals surface area (Å²) >= 11 is 0. The van der Waals surface area contributed by atoms with Gasteiger partial charge in [0.1, 0.15) is 5.75 Å². The Kier molecular flexibility index (Phi) is 5.56. The van der Waals surface area contributed by atoms with Gasteiger partial charge in [-0.3, -0.25) is 0 Å². The molecule has 1 saturated carbocycles. The highest BCUT2D eigenvalue weighted by atomic mass is 16.5. The van der Waals surface area contributed by atoms with E-state index in [1.165, 1.54) is 0 Å². The summed E-state index contributed by atoms with van der Waals surface area (Å²) in [6.07, 6.45) is 2.09. The number of anilines is 1. The van der Waals surface area contributed by atoms with Crippen LogP contribution in [-0.2, 0) is 17.9 Å². The summed E-state index contributed by atoms with van der Waals surface area (Å²) in [4.78, 5) is 14.8. The van der Waals surface area contributed by atoms with Gasteiger partial charge in [-0.25, -0.2) is 4.79 Å². The summed E-state index contributed by atoms with van der Waals surface area (Å²) in [5.74, 6) is 0.806. The molecule has 0 saturated heterocycles. The lowest BCUT2D eigenvalue weighted by Crippen LogP contribution is -2.36. The predicted molar refractivity (Wildman–Crippen MR) is 97.7 cm³/mol. The molecule has 0 radical (unpaired) electrons. The van der Waals surface area contributed by atoms with Gasteiger partial charge in [-0.1, -0.05) is 36.4 Å². The molecule has 0 aliphatic heterocycles. The summed E-state index contributed by atoms with van der Waals surface area (Å²) < 4.78 is 10.6. The lowest BCUT2D eigenvalue weighted by atomic mass is 10.2. The minimum atomic E-state index is -0.0861. The van der Waals surface area contributed by atoms with Crippen LogP contribution < -0.4 is 10.1 Å². The van der Waals surface area contributed by atoms with Gasteiger partial charge < -0.3 is 19.7 Å². The van der Waals surface area contributed by atoms with Crippen LogP contribution in [0.1, 0.15) is 24.0 Å². The number of hydrogen-bond acceptors (Lipinski definition) is 3. The topological polar surface area (TPSA) is 50.8 Å². The van der Waals surface area contributed by atoms with Crippen molar-refractivity contribution >= 4 is 11.7 Å². The molecule has 0 unspecified atom stereocenters. The summed E-state index contributed by atoms with van der Waals surface area (Å²) in [7, 11) is 3.30. The van der Waals surface area contributed by atoms with Crippen LogP contribution in [0.3, 0.4) is 0 Å². The van der Waals surface area contributed by atoms with Gasteiger partial charge in [-0.15, -0.1) is 0 Å². The van der Waals surface area contributed by atoms with Crippen LogP contribution in [-0.4, -0.2) is 31.2 Å². The number of methoxy groups -OCH3 is 2. The monoisotopic (exact) mass is 340 g/mol. The van der Waals surface area contributed by atoms with Crippen molar-refractivity contribution in [2.75, 3.05) is 19.5 Å². The predicted octanol–water partition coefficient (Wildman–Crippen LogP) is 4.04. The van der Waals surface area contributed by atoms with E-state index in [-0.39, 0.29) is 6.03 Å². The molecule has 1 fully saturated rings. The summed E-state index contributed by atoms with van der Waals surface area (Å²) in [5, 5.41) is 3.04. The summed E-state index contributed by atoms with van der Waals surface area (Å²) in [6, 6.07) is 15.7. The highest BCUT2D eigenvalue weighted by Crippen LogP contribution is 2.31. The van der Waals surface area contributed by atoms with Crippen molar-refractivity contribution < 1.29 is 14.3 Å². The van der Waals surface area contributed by atoms with E-state index < -0.39 is 0 Å². The number of para-hydroxylation sites is 2. The smallest absolute Gasteiger partial charge is 0.322 e. The van der Waals surface area contributed by atoms with E-state index in [4.69, 9.17) is 9.47 Å². The van der Waals surface area contributed by atoms with Gasteiger partial charge in [-0.2, -0.15) is 0 Å². The molecule has 5 nitrogen and oxygen atoms in total. The molecule has 2 amide bonds. The lowest BCUT2D eigenvalue weighted by Gasteiger charge is -2.24. The molecular formula is C20H24N2O3. The number of nitrogens with one attached hydrogen (secondary N) is 1. The number of carbonyl (C=O) groups excluding carboxylic acids is 1. The molecular weight excluding hydrogens is 316 g/mol. The number of ether oxygens (including phenoxy) is 2. The molecule has 5 heteroatoms. The van der Waals surface area contributed by atoms with Crippen molar-refractivity contribution in [2.24, 2.45) is 0 Å². The van der Waals surface area contributed by atoms with Crippen LogP contribution in [0.5, 0.6) is 5.75 Å². The first-order chi connectivity index (χ1) is 12.2.